The highest BCUT2D eigenvalue weighted by Gasteiger charge is 2.46. The van der Waals surface area contributed by atoms with Crippen molar-refractivity contribution in [3.63, 3.8) is 0 Å². The molecule has 1 N–H and O–H groups in total. The normalized spacial score (nSPS) is 33.6. The molecule has 0 atom stereocenters. The zero-order valence-electron chi connectivity index (χ0n) is 9.09. The zero-order chi connectivity index (χ0) is 10.2. The summed E-state index contributed by atoms with van der Waals surface area (Å²) < 4.78 is 11.5. The Balaban J connectivity index is 1.63. The van der Waals surface area contributed by atoms with Crippen LogP contribution in [-0.2, 0) is 9.47 Å². The van der Waals surface area contributed by atoms with Crippen LogP contribution in [0, 0.1) is 0 Å². The third-order valence-corrected chi connectivity index (χ3v) is 5.38. The first kappa shape index (κ1) is 10.4. The van der Waals surface area contributed by atoms with Crippen LogP contribution < -0.4 is 5.32 Å². The first-order valence-corrected chi connectivity index (χ1v) is 6.98. The van der Waals surface area contributed by atoms with Gasteiger partial charge in [-0.3, -0.25) is 0 Å². The summed E-state index contributed by atoms with van der Waals surface area (Å²) in [4.78, 5) is 0.346. The fourth-order valence-electron chi connectivity index (χ4n) is 2.85. The van der Waals surface area contributed by atoms with Crippen LogP contribution in [0.25, 0.3) is 0 Å². The molecule has 2 saturated heterocycles. The van der Waals surface area contributed by atoms with E-state index in [4.69, 9.17) is 9.47 Å². The Morgan fingerprint density at radius 2 is 1.73 bits per heavy atom. The maximum absolute atomic E-state index is 5.76. The summed E-state index contributed by atoms with van der Waals surface area (Å²) >= 11 is 2.11. The molecule has 2 aliphatic heterocycles. The van der Waals surface area contributed by atoms with Gasteiger partial charge in [0.05, 0.1) is 18.1 Å². The second-order valence-corrected chi connectivity index (χ2v) is 6.21. The van der Waals surface area contributed by atoms with Crippen molar-refractivity contribution in [2.75, 3.05) is 25.5 Å². The minimum Gasteiger partial charge on any atom is -0.348 e. The largest absolute Gasteiger partial charge is 0.348 e. The van der Waals surface area contributed by atoms with Gasteiger partial charge in [-0.25, -0.2) is 0 Å². The lowest BCUT2D eigenvalue weighted by Crippen LogP contribution is -2.52. The number of ether oxygens (including phenoxy) is 2. The van der Waals surface area contributed by atoms with E-state index >= 15 is 0 Å². The second-order valence-electron chi connectivity index (χ2n) is 4.73. The van der Waals surface area contributed by atoms with E-state index in [9.17, 15) is 0 Å². The molecule has 0 aromatic heterocycles. The number of nitrogens with one attached hydrogen (secondary N) is 1. The molecular formula is C11H19NO2S. The van der Waals surface area contributed by atoms with Crippen molar-refractivity contribution in [1.82, 2.24) is 5.32 Å². The Kier molecular flexibility index (Phi) is 2.71. The van der Waals surface area contributed by atoms with E-state index in [1.54, 1.807) is 0 Å². The van der Waals surface area contributed by atoms with Gasteiger partial charge in [-0.15, -0.1) is 11.8 Å². The number of thioether (sulfide) groups is 1. The lowest BCUT2D eigenvalue weighted by atomic mass is 9.89. The standard InChI is InChI=1S/C11H19NO2S/c1-6-12-10(15-9-1)2-4-11(5-3-10)13-7-8-14-11/h12H,1-9H2. The lowest BCUT2D eigenvalue weighted by molar-refractivity contribution is -0.181. The van der Waals surface area contributed by atoms with Crippen molar-refractivity contribution in [3.8, 4) is 0 Å². The van der Waals surface area contributed by atoms with E-state index in [1.807, 2.05) is 0 Å². The maximum atomic E-state index is 5.76. The highest BCUT2D eigenvalue weighted by Crippen LogP contribution is 2.46. The van der Waals surface area contributed by atoms with E-state index < -0.39 is 0 Å². The summed E-state index contributed by atoms with van der Waals surface area (Å²) in [6, 6.07) is 0. The Morgan fingerprint density at radius 1 is 1.00 bits per heavy atom. The van der Waals surface area contributed by atoms with Crippen LogP contribution in [0.4, 0.5) is 0 Å². The van der Waals surface area contributed by atoms with Crippen LogP contribution in [0.2, 0.25) is 0 Å². The first-order chi connectivity index (χ1) is 7.33. The van der Waals surface area contributed by atoms with Gasteiger partial charge in [-0.1, -0.05) is 0 Å². The Labute approximate surface area is 95.3 Å². The van der Waals surface area contributed by atoms with Gasteiger partial charge in [0.2, 0.25) is 0 Å². The monoisotopic (exact) mass is 229 g/mol. The molecule has 1 aliphatic carbocycles. The minimum atomic E-state index is -0.203. The average Bonchev–Trinajstić information content (AvgIpc) is 2.74. The zero-order valence-corrected chi connectivity index (χ0v) is 9.91. The molecule has 4 heteroatoms. The van der Waals surface area contributed by atoms with Gasteiger partial charge in [0, 0.05) is 12.8 Å². The Morgan fingerprint density at radius 3 is 2.33 bits per heavy atom. The van der Waals surface area contributed by atoms with Crippen LogP contribution in [0.1, 0.15) is 32.1 Å². The van der Waals surface area contributed by atoms with Crippen LogP contribution in [0.5, 0.6) is 0 Å². The molecule has 15 heavy (non-hydrogen) atoms. The molecule has 2 heterocycles. The van der Waals surface area contributed by atoms with Gasteiger partial charge < -0.3 is 14.8 Å². The summed E-state index contributed by atoms with van der Waals surface area (Å²) in [5, 5.41) is 3.69. The minimum absolute atomic E-state index is 0.203. The fraction of sp³-hybridized carbons (Fsp3) is 1.00. The highest BCUT2D eigenvalue weighted by molar-refractivity contribution is 8.00. The van der Waals surface area contributed by atoms with Crippen molar-refractivity contribution in [2.24, 2.45) is 0 Å². The van der Waals surface area contributed by atoms with Crippen LogP contribution in [0.3, 0.4) is 0 Å². The van der Waals surface area contributed by atoms with E-state index in [1.165, 1.54) is 31.6 Å². The SMILES string of the molecule is C1CNC2(CCC3(CC2)OCCO3)SC1. The average molecular weight is 229 g/mol. The predicted octanol–water partition coefficient (Wildman–Crippen LogP) is 1.73. The molecule has 3 fully saturated rings. The lowest BCUT2D eigenvalue weighted by Gasteiger charge is -2.45. The van der Waals surface area contributed by atoms with E-state index in [0.29, 0.717) is 4.87 Å². The van der Waals surface area contributed by atoms with Crippen LogP contribution in [-0.4, -0.2) is 36.2 Å². The van der Waals surface area contributed by atoms with Crippen molar-refractivity contribution in [2.45, 2.75) is 42.8 Å². The molecule has 2 spiro atoms. The summed E-state index contributed by atoms with van der Waals surface area (Å²) in [5.41, 5.74) is 0. The second kappa shape index (κ2) is 3.91. The third-order valence-electron chi connectivity index (χ3n) is 3.78. The van der Waals surface area contributed by atoms with Gasteiger partial charge in [0.1, 0.15) is 0 Å². The van der Waals surface area contributed by atoms with Gasteiger partial charge in [0.25, 0.3) is 0 Å². The Bertz CT molecular complexity index is 223. The predicted molar refractivity (Wildman–Crippen MR) is 60.9 cm³/mol. The molecular weight excluding hydrogens is 210 g/mol. The molecule has 3 aliphatic rings. The maximum Gasteiger partial charge on any atom is 0.168 e. The summed E-state index contributed by atoms with van der Waals surface area (Å²) in [6.45, 7) is 2.75. The van der Waals surface area contributed by atoms with Crippen molar-refractivity contribution in [1.29, 1.82) is 0 Å². The molecule has 1 saturated carbocycles. The van der Waals surface area contributed by atoms with Gasteiger partial charge >= 0.3 is 0 Å². The fourth-order valence-corrected chi connectivity index (χ4v) is 4.22. The van der Waals surface area contributed by atoms with Crippen LogP contribution in [0.15, 0.2) is 0 Å². The number of hydrogen-bond acceptors (Lipinski definition) is 4. The van der Waals surface area contributed by atoms with E-state index in [-0.39, 0.29) is 5.79 Å². The Hall–Kier alpha value is 0.230. The van der Waals surface area contributed by atoms with Crippen molar-refractivity contribution in [3.05, 3.63) is 0 Å². The van der Waals surface area contributed by atoms with Crippen molar-refractivity contribution >= 4 is 11.8 Å². The van der Waals surface area contributed by atoms with Gasteiger partial charge in [-0.05, 0) is 31.6 Å². The summed E-state index contributed by atoms with van der Waals surface area (Å²) in [7, 11) is 0. The molecule has 86 valence electrons. The quantitative estimate of drug-likeness (QED) is 0.685. The molecule has 0 bridgehead atoms. The topological polar surface area (TPSA) is 30.5 Å². The molecule has 3 nitrogen and oxygen atoms in total. The molecule has 0 amide bonds. The third kappa shape index (κ3) is 1.93. The molecule has 3 rings (SSSR count). The highest BCUT2D eigenvalue weighted by atomic mass is 32.2. The van der Waals surface area contributed by atoms with Gasteiger partial charge in [0.15, 0.2) is 5.79 Å². The number of hydrogen-bond donors (Lipinski definition) is 1. The summed E-state index contributed by atoms with van der Waals surface area (Å²) in [5.74, 6) is 1.10. The molecule has 0 radical (unpaired) electrons. The van der Waals surface area contributed by atoms with Gasteiger partial charge in [-0.2, -0.15) is 0 Å². The molecule has 0 aromatic carbocycles. The van der Waals surface area contributed by atoms with Crippen molar-refractivity contribution < 1.29 is 9.47 Å². The smallest absolute Gasteiger partial charge is 0.168 e. The van der Waals surface area contributed by atoms with E-state index in [0.717, 1.165) is 26.1 Å². The first-order valence-electron chi connectivity index (χ1n) is 6.00. The van der Waals surface area contributed by atoms with E-state index in [2.05, 4.69) is 17.1 Å². The summed E-state index contributed by atoms with van der Waals surface area (Å²) in [6.07, 6.45) is 5.82. The number of rotatable bonds is 0. The molecule has 0 aromatic rings. The van der Waals surface area contributed by atoms with Crippen LogP contribution >= 0.6 is 11.8 Å². The molecule has 0 unspecified atom stereocenters.